The van der Waals surface area contributed by atoms with Gasteiger partial charge in [-0.05, 0) is 27.5 Å². The van der Waals surface area contributed by atoms with Gasteiger partial charge in [-0.1, -0.05) is 0 Å². The van der Waals surface area contributed by atoms with Crippen molar-refractivity contribution in [3.8, 4) is 0 Å². The summed E-state index contributed by atoms with van der Waals surface area (Å²) in [6.07, 6.45) is 1.85. The molecule has 0 saturated heterocycles. The fraction of sp³-hybridized carbons (Fsp3) is 0.125. The predicted molar refractivity (Wildman–Crippen MR) is 58.6 cm³/mol. The highest BCUT2D eigenvalue weighted by atomic mass is 127. The van der Waals surface area contributed by atoms with Crippen molar-refractivity contribution < 1.29 is 4.42 Å². The second-order valence-electron chi connectivity index (χ2n) is 2.54. The molecule has 2 aromatic rings. The summed E-state index contributed by atoms with van der Waals surface area (Å²) in [5.41, 5.74) is 2.93. The molecule has 0 spiro atoms. The van der Waals surface area contributed by atoms with Gasteiger partial charge in [0.2, 0.25) is 0 Å². The summed E-state index contributed by atoms with van der Waals surface area (Å²) in [6, 6.07) is 3.95. The van der Waals surface area contributed by atoms with Crippen LogP contribution in [0.3, 0.4) is 0 Å². The number of hydrogen-bond acceptors (Lipinski definition) is 3. The zero-order valence-electron chi connectivity index (χ0n) is 6.37. The average molecular weight is 291 g/mol. The molecule has 2 rings (SSSR count). The monoisotopic (exact) mass is 291 g/mol. The summed E-state index contributed by atoms with van der Waals surface area (Å²) in [7, 11) is 1.56. The Hall–Kier alpha value is -0.230. The summed E-state index contributed by atoms with van der Waals surface area (Å²) >= 11 is 2.19. The number of hydrogen-bond donors (Lipinski definition) is 0. The maximum atomic E-state index is 5.49. The Labute approximate surface area is 86.3 Å². The van der Waals surface area contributed by atoms with Crippen LogP contribution in [0.1, 0.15) is 5.56 Å². The van der Waals surface area contributed by atoms with E-state index in [9.17, 15) is 0 Å². The van der Waals surface area contributed by atoms with Gasteiger partial charge in [0.25, 0.3) is 0 Å². The number of aryl methyl sites for hydroxylation is 1. The minimum absolute atomic E-state index is 0.870. The summed E-state index contributed by atoms with van der Waals surface area (Å²) in [6.45, 7) is 2.01. The zero-order chi connectivity index (χ0) is 8.55. The third-order valence-corrected chi connectivity index (χ3v) is 3.22. The number of nitrogens with zero attached hydrogens (tertiary/aromatic N) is 1. The van der Waals surface area contributed by atoms with Crippen LogP contribution in [0, 0.1) is 6.92 Å². The fourth-order valence-electron chi connectivity index (χ4n) is 1.03. The quantitative estimate of drug-likeness (QED) is 0.751. The molecule has 0 aliphatic rings. The molecule has 0 aliphatic heterocycles. The minimum atomic E-state index is 0.870. The Morgan fingerprint density at radius 1 is 1.50 bits per heavy atom. The highest BCUT2D eigenvalue weighted by molar-refractivity contribution is 14.2. The Morgan fingerprint density at radius 2 is 2.33 bits per heavy atom. The van der Waals surface area contributed by atoms with Crippen LogP contribution in [0.5, 0.6) is 0 Å². The molecular weight excluding hydrogens is 285 g/mol. The van der Waals surface area contributed by atoms with Gasteiger partial charge in [0.1, 0.15) is 5.52 Å². The van der Waals surface area contributed by atoms with Gasteiger partial charge in [0, 0.05) is 33.5 Å². The molecule has 2 heterocycles. The molecule has 0 atom stereocenters. The van der Waals surface area contributed by atoms with Crippen molar-refractivity contribution in [1.29, 1.82) is 0 Å². The molecule has 4 heteroatoms. The van der Waals surface area contributed by atoms with Crippen LogP contribution in [-0.4, -0.2) is 4.98 Å². The fourth-order valence-corrected chi connectivity index (χ4v) is 1.96. The van der Waals surface area contributed by atoms with E-state index in [1.807, 2.05) is 25.3 Å². The summed E-state index contributed by atoms with van der Waals surface area (Å²) in [5, 5.41) is 0.906. The van der Waals surface area contributed by atoms with E-state index in [1.165, 1.54) is 0 Å². The normalized spacial score (nSPS) is 10.8. The Balaban J connectivity index is 2.67. The summed E-state index contributed by atoms with van der Waals surface area (Å²) in [4.78, 5) is 4.24. The highest BCUT2D eigenvalue weighted by Crippen LogP contribution is 2.30. The van der Waals surface area contributed by atoms with Crippen molar-refractivity contribution in [2.24, 2.45) is 0 Å². The van der Waals surface area contributed by atoms with Crippen LogP contribution in [0.15, 0.2) is 27.8 Å². The SMILES string of the molecule is Cc1cnc2cc(SI)oc2c1. The van der Waals surface area contributed by atoms with Crippen LogP contribution >= 0.6 is 30.1 Å². The number of rotatable bonds is 1. The van der Waals surface area contributed by atoms with Crippen LogP contribution in [0.4, 0.5) is 0 Å². The van der Waals surface area contributed by atoms with Gasteiger partial charge in [0.05, 0.1) is 0 Å². The topological polar surface area (TPSA) is 26.0 Å². The summed E-state index contributed by atoms with van der Waals surface area (Å²) < 4.78 is 5.49. The van der Waals surface area contributed by atoms with Gasteiger partial charge < -0.3 is 4.42 Å². The maximum absolute atomic E-state index is 5.49. The molecule has 2 aromatic heterocycles. The third kappa shape index (κ3) is 1.45. The third-order valence-electron chi connectivity index (χ3n) is 1.56. The van der Waals surface area contributed by atoms with E-state index in [-0.39, 0.29) is 0 Å². The smallest absolute Gasteiger partial charge is 0.173 e. The molecule has 0 aliphatic carbocycles. The molecule has 0 bridgehead atoms. The van der Waals surface area contributed by atoms with E-state index in [0.29, 0.717) is 0 Å². The summed E-state index contributed by atoms with van der Waals surface area (Å²) in [5.74, 6) is 0. The molecule has 0 N–H and O–H groups in total. The molecule has 2 nitrogen and oxygen atoms in total. The van der Waals surface area contributed by atoms with Crippen LogP contribution in [-0.2, 0) is 0 Å². The molecule has 0 amide bonds. The van der Waals surface area contributed by atoms with Gasteiger partial charge in [-0.15, -0.1) is 0 Å². The molecular formula is C8H6INOS. The van der Waals surface area contributed by atoms with Crippen molar-refractivity contribution in [3.63, 3.8) is 0 Å². The van der Waals surface area contributed by atoms with Crippen molar-refractivity contribution in [3.05, 3.63) is 23.9 Å². The molecule has 0 radical (unpaired) electrons. The first-order valence-electron chi connectivity index (χ1n) is 3.44. The van der Waals surface area contributed by atoms with Gasteiger partial charge >= 0.3 is 0 Å². The Kier molecular flexibility index (Phi) is 2.27. The molecule has 62 valence electrons. The molecule has 0 aromatic carbocycles. The van der Waals surface area contributed by atoms with E-state index in [1.54, 1.807) is 8.93 Å². The lowest BCUT2D eigenvalue weighted by Gasteiger charge is -1.88. The van der Waals surface area contributed by atoms with Crippen molar-refractivity contribution in [2.45, 2.75) is 12.0 Å². The van der Waals surface area contributed by atoms with Crippen LogP contribution < -0.4 is 0 Å². The van der Waals surface area contributed by atoms with E-state index in [2.05, 4.69) is 26.2 Å². The lowest BCUT2D eigenvalue weighted by Crippen LogP contribution is -1.74. The maximum Gasteiger partial charge on any atom is 0.173 e. The van der Waals surface area contributed by atoms with Crippen LogP contribution in [0.25, 0.3) is 11.1 Å². The Morgan fingerprint density at radius 3 is 3.08 bits per heavy atom. The molecule has 12 heavy (non-hydrogen) atoms. The number of fused-ring (bicyclic) bond motifs is 1. The number of furan rings is 1. The lowest BCUT2D eigenvalue weighted by molar-refractivity contribution is 0.516. The molecule has 0 saturated carbocycles. The largest absolute Gasteiger partial charge is 0.447 e. The Bertz CT molecular complexity index is 412. The standard InChI is InChI=1S/C8H6INOS/c1-5-2-7-6(10-4-5)3-8(11-7)12-9/h2-4H,1H3. The van der Waals surface area contributed by atoms with E-state index in [4.69, 9.17) is 4.42 Å². The first-order chi connectivity index (χ1) is 5.79. The number of aromatic nitrogens is 1. The number of pyridine rings is 1. The van der Waals surface area contributed by atoms with E-state index >= 15 is 0 Å². The van der Waals surface area contributed by atoms with Gasteiger partial charge in [-0.25, -0.2) is 0 Å². The molecule has 0 fully saturated rings. The van der Waals surface area contributed by atoms with Crippen molar-refractivity contribution in [2.75, 3.05) is 0 Å². The molecule has 0 unspecified atom stereocenters. The van der Waals surface area contributed by atoms with E-state index < -0.39 is 0 Å². The number of halogens is 1. The average Bonchev–Trinajstić information content (AvgIpc) is 2.46. The van der Waals surface area contributed by atoms with Gasteiger partial charge in [-0.2, -0.15) is 0 Å². The highest BCUT2D eigenvalue weighted by Gasteiger charge is 2.03. The van der Waals surface area contributed by atoms with E-state index in [0.717, 1.165) is 21.8 Å². The zero-order valence-corrected chi connectivity index (χ0v) is 9.35. The first kappa shape index (κ1) is 8.37. The van der Waals surface area contributed by atoms with Crippen molar-refractivity contribution >= 4 is 41.2 Å². The minimum Gasteiger partial charge on any atom is -0.447 e. The lowest BCUT2D eigenvalue weighted by atomic mass is 10.3. The predicted octanol–water partition coefficient (Wildman–Crippen LogP) is 3.58. The van der Waals surface area contributed by atoms with Gasteiger partial charge in [-0.3, -0.25) is 4.98 Å². The second kappa shape index (κ2) is 3.26. The van der Waals surface area contributed by atoms with Crippen molar-refractivity contribution in [1.82, 2.24) is 4.98 Å². The second-order valence-corrected chi connectivity index (χ2v) is 4.42. The first-order valence-corrected chi connectivity index (χ1v) is 6.80. The van der Waals surface area contributed by atoms with Crippen LogP contribution in [0.2, 0.25) is 0 Å². The van der Waals surface area contributed by atoms with Gasteiger partial charge in [0.15, 0.2) is 10.7 Å².